The van der Waals surface area contributed by atoms with Gasteiger partial charge in [-0.25, -0.2) is 9.59 Å². The van der Waals surface area contributed by atoms with Gasteiger partial charge in [0.2, 0.25) is 5.60 Å². The molecule has 0 aromatic heterocycles. The second kappa shape index (κ2) is 11.3. The maximum atomic E-state index is 12.4. The van der Waals surface area contributed by atoms with E-state index < -0.39 is 22.5 Å². The van der Waals surface area contributed by atoms with Crippen LogP contribution in [0.4, 0.5) is 5.69 Å². The number of esters is 2. The van der Waals surface area contributed by atoms with Crippen molar-refractivity contribution in [3.63, 3.8) is 0 Å². The number of carbonyl (C=O) groups excluding carboxylic acids is 2. The van der Waals surface area contributed by atoms with Gasteiger partial charge in [-0.15, -0.1) is 0 Å². The van der Waals surface area contributed by atoms with E-state index in [2.05, 4.69) is 0 Å². The lowest BCUT2D eigenvalue weighted by Crippen LogP contribution is -2.40. The van der Waals surface area contributed by atoms with E-state index >= 15 is 0 Å². The summed E-state index contributed by atoms with van der Waals surface area (Å²) in [5, 5.41) is 11.2. The minimum atomic E-state index is -1.39. The molecule has 0 aliphatic heterocycles. The monoisotopic (exact) mass is 495 g/mol. The fourth-order valence-electron chi connectivity index (χ4n) is 2.81. The van der Waals surface area contributed by atoms with E-state index in [-0.39, 0.29) is 12.3 Å². The molecule has 0 heterocycles. The highest BCUT2D eigenvalue weighted by atomic mass is 35.5. The first-order valence-electron chi connectivity index (χ1n) is 10.5. The number of hydrogen-bond acceptors (Lipinski definition) is 7. The third kappa shape index (κ3) is 7.68. The second-order valence-corrected chi connectivity index (χ2v) is 8.33. The molecule has 3 aromatic carbocycles. The van der Waals surface area contributed by atoms with E-state index in [0.29, 0.717) is 22.1 Å². The highest BCUT2D eigenvalue weighted by Gasteiger charge is 2.33. The average Bonchev–Trinajstić information content (AvgIpc) is 2.83. The van der Waals surface area contributed by atoms with Gasteiger partial charge in [-0.2, -0.15) is 0 Å². The molecule has 0 saturated heterocycles. The van der Waals surface area contributed by atoms with Gasteiger partial charge in [0.1, 0.15) is 18.1 Å². The molecule has 8 nitrogen and oxygen atoms in total. The van der Waals surface area contributed by atoms with E-state index in [0.717, 1.165) is 11.6 Å². The molecule has 0 radical (unpaired) electrons. The van der Waals surface area contributed by atoms with Crippen LogP contribution in [0.3, 0.4) is 0 Å². The van der Waals surface area contributed by atoms with E-state index in [9.17, 15) is 19.7 Å². The van der Waals surface area contributed by atoms with E-state index in [1.54, 1.807) is 60.7 Å². The Hall–Kier alpha value is -4.17. The Bertz CT molecular complexity index is 1220. The number of rotatable bonds is 9. The molecule has 0 N–H and O–H groups in total. The first-order chi connectivity index (χ1) is 16.6. The van der Waals surface area contributed by atoms with Gasteiger partial charge in [-0.05, 0) is 79.6 Å². The number of halogens is 1. The SMILES string of the molecule is CC(C)(Oc1ccc(Cl)cc1)C(=O)OC(=O)C=Cc1ccc(OCc2ccc([N+](=O)[O-])cc2)cc1. The van der Waals surface area contributed by atoms with Gasteiger partial charge in [-0.1, -0.05) is 23.7 Å². The predicted octanol–water partition coefficient (Wildman–Crippen LogP) is 5.77. The van der Waals surface area contributed by atoms with Gasteiger partial charge in [-0.3, -0.25) is 10.1 Å². The molecular weight excluding hydrogens is 474 g/mol. The van der Waals surface area contributed by atoms with Crippen LogP contribution in [-0.2, 0) is 20.9 Å². The predicted molar refractivity (Wildman–Crippen MR) is 130 cm³/mol. The third-order valence-corrected chi connectivity index (χ3v) is 4.97. The molecule has 0 aliphatic rings. The van der Waals surface area contributed by atoms with Crippen molar-refractivity contribution in [2.45, 2.75) is 26.1 Å². The first-order valence-corrected chi connectivity index (χ1v) is 10.9. The Labute approximate surface area is 206 Å². The quantitative estimate of drug-likeness (QED) is 0.122. The molecule has 9 heteroatoms. The minimum absolute atomic E-state index is 0.0164. The highest BCUT2D eigenvalue weighted by Crippen LogP contribution is 2.22. The average molecular weight is 496 g/mol. The summed E-state index contributed by atoms with van der Waals surface area (Å²) in [4.78, 5) is 34.7. The summed E-state index contributed by atoms with van der Waals surface area (Å²) in [6, 6.07) is 19.4. The van der Waals surface area contributed by atoms with Gasteiger partial charge in [0.05, 0.1) is 4.92 Å². The fourth-order valence-corrected chi connectivity index (χ4v) is 2.93. The van der Waals surface area contributed by atoms with Gasteiger partial charge >= 0.3 is 11.9 Å². The Morgan fingerprint density at radius 3 is 2.14 bits per heavy atom. The smallest absolute Gasteiger partial charge is 0.357 e. The number of ether oxygens (including phenoxy) is 3. The number of hydrogen-bond donors (Lipinski definition) is 0. The lowest BCUT2D eigenvalue weighted by molar-refractivity contribution is -0.384. The van der Waals surface area contributed by atoms with Crippen molar-refractivity contribution < 1.29 is 28.7 Å². The zero-order valence-electron chi connectivity index (χ0n) is 19.0. The third-order valence-electron chi connectivity index (χ3n) is 4.72. The lowest BCUT2D eigenvalue weighted by Gasteiger charge is -2.23. The van der Waals surface area contributed by atoms with Crippen LogP contribution in [0, 0.1) is 10.1 Å². The summed E-state index contributed by atoms with van der Waals surface area (Å²) in [6.45, 7) is 3.24. The van der Waals surface area contributed by atoms with Crippen LogP contribution in [-0.4, -0.2) is 22.5 Å². The van der Waals surface area contributed by atoms with Crippen molar-refractivity contribution in [3.8, 4) is 11.5 Å². The van der Waals surface area contributed by atoms with E-state index in [1.807, 2.05) is 0 Å². The Morgan fingerprint density at radius 2 is 1.54 bits per heavy atom. The highest BCUT2D eigenvalue weighted by molar-refractivity contribution is 6.30. The topological polar surface area (TPSA) is 105 Å². The molecule has 0 amide bonds. The number of benzene rings is 3. The molecule has 0 unspecified atom stereocenters. The maximum absolute atomic E-state index is 12.4. The molecule has 0 aliphatic carbocycles. The molecule has 0 saturated carbocycles. The lowest BCUT2D eigenvalue weighted by atomic mass is 10.1. The number of nitro benzene ring substituents is 1. The maximum Gasteiger partial charge on any atom is 0.357 e. The van der Waals surface area contributed by atoms with E-state index in [1.165, 1.54) is 32.1 Å². The zero-order valence-corrected chi connectivity index (χ0v) is 19.7. The summed E-state index contributed by atoms with van der Waals surface area (Å²) in [5.74, 6) is -0.673. The van der Waals surface area contributed by atoms with Crippen LogP contribution >= 0.6 is 11.6 Å². The van der Waals surface area contributed by atoms with Crippen LogP contribution < -0.4 is 9.47 Å². The molecule has 3 rings (SSSR count). The number of carbonyl (C=O) groups is 2. The molecular formula is C26H22ClNO7. The van der Waals surface area contributed by atoms with Crippen molar-refractivity contribution in [1.82, 2.24) is 0 Å². The molecule has 3 aromatic rings. The Morgan fingerprint density at radius 1 is 0.943 bits per heavy atom. The van der Waals surface area contributed by atoms with Crippen LogP contribution in [0.15, 0.2) is 78.9 Å². The molecule has 0 spiro atoms. The summed E-state index contributed by atoms with van der Waals surface area (Å²) < 4.78 is 16.2. The summed E-state index contributed by atoms with van der Waals surface area (Å²) >= 11 is 5.84. The fraction of sp³-hybridized carbons (Fsp3) is 0.154. The van der Waals surface area contributed by atoms with Crippen molar-refractivity contribution in [2.75, 3.05) is 0 Å². The minimum Gasteiger partial charge on any atom is -0.489 e. The molecule has 180 valence electrons. The van der Waals surface area contributed by atoms with Gasteiger partial charge in [0.25, 0.3) is 5.69 Å². The van der Waals surface area contributed by atoms with Crippen molar-refractivity contribution >= 4 is 35.3 Å². The summed E-state index contributed by atoms with van der Waals surface area (Å²) in [6.07, 6.45) is 2.64. The van der Waals surface area contributed by atoms with Crippen LogP contribution in [0.2, 0.25) is 5.02 Å². The molecule has 0 bridgehead atoms. The normalized spacial score (nSPS) is 11.2. The second-order valence-electron chi connectivity index (χ2n) is 7.89. The van der Waals surface area contributed by atoms with Crippen molar-refractivity contribution in [3.05, 3.63) is 105 Å². The van der Waals surface area contributed by atoms with Crippen LogP contribution in [0.25, 0.3) is 6.08 Å². The summed E-state index contributed by atoms with van der Waals surface area (Å²) in [7, 11) is 0. The van der Waals surface area contributed by atoms with Gasteiger partial charge in [0, 0.05) is 23.2 Å². The van der Waals surface area contributed by atoms with Crippen LogP contribution in [0.5, 0.6) is 11.5 Å². The standard InChI is InChI=1S/C26H22ClNO7/c1-26(2,35-23-14-8-20(27)9-15-23)25(30)34-24(29)16-7-18-5-12-22(13-6-18)33-17-19-3-10-21(11-4-19)28(31)32/h3-16H,17H2,1-2H3. The van der Waals surface area contributed by atoms with E-state index in [4.69, 9.17) is 25.8 Å². The van der Waals surface area contributed by atoms with Crippen molar-refractivity contribution in [1.29, 1.82) is 0 Å². The largest absolute Gasteiger partial charge is 0.489 e. The molecule has 35 heavy (non-hydrogen) atoms. The van der Waals surface area contributed by atoms with Crippen LogP contribution in [0.1, 0.15) is 25.0 Å². The van der Waals surface area contributed by atoms with Gasteiger partial charge < -0.3 is 14.2 Å². The van der Waals surface area contributed by atoms with Crippen molar-refractivity contribution in [2.24, 2.45) is 0 Å². The number of non-ortho nitro benzene ring substituents is 1. The Balaban J connectivity index is 1.49. The first kappa shape index (κ1) is 25.5. The number of nitrogens with zero attached hydrogens (tertiary/aromatic N) is 1. The number of nitro groups is 1. The zero-order chi connectivity index (χ0) is 25.4. The molecule has 0 fully saturated rings. The van der Waals surface area contributed by atoms with Gasteiger partial charge in [0.15, 0.2) is 0 Å². The summed E-state index contributed by atoms with van der Waals surface area (Å²) in [5.41, 5.74) is 0.103. The molecule has 0 atom stereocenters. The Kier molecular flexibility index (Phi) is 8.22.